The fourth-order valence-electron chi connectivity index (χ4n) is 9.94. The number of pyridine rings is 1. The number of para-hydroxylation sites is 2. The summed E-state index contributed by atoms with van der Waals surface area (Å²) in [6.07, 6.45) is 0. The molecule has 0 aliphatic rings. The average molecular weight is 873 g/mol. The van der Waals surface area contributed by atoms with Gasteiger partial charge in [-0.05, 0) is 47.2 Å². The zero-order valence-electron chi connectivity index (χ0n) is 33.5. The second kappa shape index (κ2) is 13.7. The number of rotatable bonds is 5. The van der Waals surface area contributed by atoms with E-state index in [0.717, 1.165) is 33.3 Å². The summed E-state index contributed by atoms with van der Waals surface area (Å²) in [5, 5.41) is 15.0. The molecule has 0 spiro atoms. The molecule has 10 aromatic carbocycles. The van der Waals surface area contributed by atoms with E-state index in [1.165, 1.54) is 81.2 Å². The first-order valence-corrected chi connectivity index (χ1v) is 25.1. The Hall–Kier alpha value is -7.06. The van der Waals surface area contributed by atoms with E-state index >= 15 is 0 Å². The van der Waals surface area contributed by atoms with Gasteiger partial charge in [-0.25, -0.2) is 4.98 Å². The minimum atomic E-state index is -1.97. The standard InChI is InChI=1S/C57H36N3PSe/c62-61(44-15-3-1-4-16-44,45-17-5-2-6-18-45)46-28-25-40-31-39(23-24-41(40)32-46)42-26-29-55-50(34-42)49-33-37-13-7-8-14-38(37)35-51(49)57-58-52-36-43(27-30-56(52)60(55)57)59-53-21-11-9-19-47(53)48-20-10-12-22-54(48)59/h1-36H. The van der Waals surface area contributed by atoms with Gasteiger partial charge in [0.15, 0.2) is 0 Å². The zero-order chi connectivity index (χ0) is 40.9. The summed E-state index contributed by atoms with van der Waals surface area (Å²) < 4.78 is 4.75. The molecule has 0 amide bonds. The Morgan fingerprint density at radius 3 is 1.61 bits per heavy atom. The Morgan fingerprint density at radius 1 is 0.355 bits per heavy atom. The molecule has 0 saturated carbocycles. The second-order valence-corrected chi connectivity index (χ2v) is 22.5. The van der Waals surface area contributed by atoms with Gasteiger partial charge < -0.3 is 4.57 Å². The number of imidazole rings is 1. The van der Waals surface area contributed by atoms with Crippen LogP contribution in [0.3, 0.4) is 0 Å². The molecule has 0 aliphatic carbocycles. The SMILES string of the molecule is [Se]=P(c1ccccc1)(c1ccccc1)c1ccc2cc(-c3ccc4c(c3)c3cc5ccccc5cc3c3nc5cc(-n6c7ccccc7c7ccccc76)ccc5n43)ccc2c1. The molecule has 0 radical (unpaired) electrons. The van der Waals surface area contributed by atoms with E-state index in [0.29, 0.717) is 0 Å². The monoisotopic (exact) mass is 873 g/mol. The average Bonchev–Trinajstić information content (AvgIpc) is 3.89. The fourth-order valence-corrected chi connectivity index (χ4v) is 14.9. The predicted octanol–water partition coefficient (Wildman–Crippen LogP) is 13.2. The molecule has 5 heteroatoms. The van der Waals surface area contributed by atoms with Crippen LogP contribution >= 0.6 is 5.51 Å². The Balaban J connectivity index is 0.988. The summed E-state index contributed by atoms with van der Waals surface area (Å²) in [6, 6.07) is 80.3. The minimum absolute atomic E-state index is 0.972. The summed E-state index contributed by atoms with van der Waals surface area (Å²) in [5.74, 6) is 0. The summed E-state index contributed by atoms with van der Waals surface area (Å²) in [7, 11) is 0. The van der Waals surface area contributed by atoms with Crippen molar-refractivity contribution >= 4 is 118 Å². The van der Waals surface area contributed by atoms with Crippen LogP contribution in [0.1, 0.15) is 0 Å². The Kier molecular flexibility index (Phi) is 7.90. The van der Waals surface area contributed by atoms with E-state index in [9.17, 15) is 0 Å². The fraction of sp³-hybridized carbons (Fsp3) is 0. The Bertz CT molecular complexity index is 3920. The molecule has 0 aliphatic heterocycles. The normalized spacial score (nSPS) is 12.3. The van der Waals surface area contributed by atoms with Crippen LogP contribution in [0.15, 0.2) is 218 Å². The molecule has 0 N–H and O–H groups in total. The third kappa shape index (κ3) is 5.31. The molecule has 62 heavy (non-hydrogen) atoms. The van der Waals surface area contributed by atoms with Crippen LogP contribution in [0.25, 0.3) is 98.5 Å². The van der Waals surface area contributed by atoms with Gasteiger partial charge in [0.25, 0.3) is 0 Å². The van der Waals surface area contributed by atoms with Crippen LogP contribution in [0.4, 0.5) is 0 Å². The molecule has 0 atom stereocenters. The van der Waals surface area contributed by atoms with Crippen molar-refractivity contribution in [2.45, 2.75) is 0 Å². The topological polar surface area (TPSA) is 22.2 Å². The number of aromatic nitrogens is 3. The number of benzene rings is 10. The molecule has 13 rings (SSSR count). The molecule has 0 unspecified atom stereocenters. The van der Waals surface area contributed by atoms with Gasteiger partial charge in [0.05, 0.1) is 22.1 Å². The van der Waals surface area contributed by atoms with Gasteiger partial charge in [-0.15, -0.1) is 0 Å². The van der Waals surface area contributed by atoms with Gasteiger partial charge in [0.2, 0.25) is 0 Å². The van der Waals surface area contributed by atoms with Crippen molar-refractivity contribution in [2.24, 2.45) is 0 Å². The third-order valence-corrected chi connectivity index (χ3v) is 19.9. The van der Waals surface area contributed by atoms with Gasteiger partial charge in [0.1, 0.15) is 5.65 Å². The van der Waals surface area contributed by atoms with E-state index in [1.54, 1.807) is 0 Å². The quantitative estimate of drug-likeness (QED) is 0.0731. The van der Waals surface area contributed by atoms with E-state index in [4.69, 9.17) is 4.98 Å². The van der Waals surface area contributed by atoms with Gasteiger partial charge in [-0.2, -0.15) is 0 Å². The van der Waals surface area contributed by atoms with Crippen LogP contribution in [0.2, 0.25) is 0 Å². The van der Waals surface area contributed by atoms with Crippen molar-refractivity contribution in [3.05, 3.63) is 218 Å². The van der Waals surface area contributed by atoms with Crippen LogP contribution in [0.5, 0.6) is 0 Å². The molecule has 0 bridgehead atoms. The number of hydrogen-bond donors (Lipinski definition) is 0. The number of nitrogens with zero attached hydrogens (tertiary/aromatic N) is 3. The Labute approximate surface area is 365 Å². The van der Waals surface area contributed by atoms with Crippen LogP contribution < -0.4 is 15.9 Å². The first-order valence-electron chi connectivity index (χ1n) is 21.1. The molecule has 3 aromatic heterocycles. The van der Waals surface area contributed by atoms with Gasteiger partial charge in [0, 0.05) is 16.5 Å². The molecular weight excluding hydrogens is 837 g/mol. The van der Waals surface area contributed by atoms with Gasteiger partial charge in [-0.3, -0.25) is 0 Å². The predicted molar refractivity (Wildman–Crippen MR) is 267 cm³/mol. The summed E-state index contributed by atoms with van der Waals surface area (Å²) in [4.78, 5) is 5.46. The number of fused-ring (bicyclic) bond motifs is 13. The van der Waals surface area contributed by atoms with Gasteiger partial charge >= 0.3 is 206 Å². The molecule has 290 valence electrons. The van der Waals surface area contributed by atoms with E-state index in [-0.39, 0.29) is 0 Å². The molecule has 0 fully saturated rings. The van der Waals surface area contributed by atoms with Crippen molar-refractivity contribution in [1.82, 2.24) is 14.0 Å². The molecule has 0 saturated heterocycles. The summed E-state index contributed by atoms with van der Waals surface area (Å²) >= 11 is 3.73. The first-order chi connectivity index (χ1) is 30.6. The maximum atomic E-state index is 5.46. The van der Waals surface area contributed by atoms with Crippen LogP contribution in [-0.4, -0.2) is 29.0 Å². The van der Waals surface area contributed by atoms with Gasteiger partial charge in [-0.1, -0.05) is 60.7 Å². The van der Waals surface area contributed by atoms with Crippen LogP contribution in [-0.2, 0) is 0 Å². The molecule has 3 heterocycles. The number of hydrogen-bond acceptors (Lipinski definition) is 1. The van der Waals surface area contributed by atoms with E-state index < -0.39 is 5.51 Å². The summed E-state index contributed by atoms with van der Waals surface area (Å²) in [5.41, 5.74) is 8.09. The van der Waals surface area contributed by atoms with Crippen molar-refractivity contribution in [3.8, 4) is 16.8 Å². The van der Waals surface area contributed by atoms with E-state index in [1.807, 2.05) is 0 Å². The molecule has 13 aromatic rings. The second-order valence-electron chi connectivity index (χ2n) is 16.3. The molecule has 3 nitrogen and oxygen atoms in total. The van der Waals surface area contributed by atoms with Crippen molar-refractivity contribution in [2.75, 3.05) is 0 Å². The zero-order valence-corrected chi connectivity index (χ0v) is 36.1. The van der Waals surface area contributed by atoms with Crippen molar-refractivity contribution < 1.29 is 0 Å². The van der Waals surface area contributed by atoms with Crippen LogP contribution in [0, 0.1) is 0 Å². The molecular formula is C57H36N3PSe. The van der Waals surface area contributed by atoms with E-state index in [2.05, 4.69) is 242 Å². The first kappa shape index (κ1) is 35.7. The third-order valence-electron chi connectivity index (χ3n) is 12.9. The Morgan fingerprint density at radius 2 is 0.903 bits per heavy atom. The van der Waals surface area contributed by atoms with Crippen molar-refractivity contribution in [1.29, 1.82) is 0 Å². The maximum absolute atomic E-state index is 5.46. The van der Waals surface area contributed by atoms with Crippen molar-refractivity contribution in [3.63, 3.8) is 0 Å². The summed E-state index contributed by atoms with van der Waals surface area (Å²) in [6.45, 7) is 0.